The van der Waals surface area contributed by atoms with E-state index in [4.69, 9.17) is 0 Å². The summed E-state index contributed by atoms with van der Waals surface area (Å²) in [5.41, 5.74) is 5.34. The Morgan fingerprint density at radius 2 is 1.66 bits per heavy atom. The number of pyridine rings is 2. The van der Waals surface area contributed by atoms with Gasteiger partial charge in [-0.25, -0.2) is 4.68 Å². The van der Waals surface area contributed by atoms with Gasteiger partial charge in [0.05, 0.1) is 5.54 Å². The molecule has 8 heteroatoms. The maximum atomic E-state index is 13.8. The van der Waals surface area contributed by atoms with Crippen molar-refractivity contribution in [2.75, 3.05) is 0 Å². The average molecular weight is 508 g/mol. The van der Waals surface area contributed by atoms with E-state index in [1.165, 1.54) is 5.56 Å². The normalized spacial score (nSPS) is 12.8. The Morgan fingerprint density at radius 3 is 2.37 bits per heavy atom. The van der Waals surface area contributed by atoms with E-state index in [2.05, 4.69) is 83.2 Å². The van der Waals surface area contributed by atoms with Crippen LogP contribution in [0.15, 0.2) is 77.9 Å². The zero-order valence-electron chi connectivity index (χ0n) is 22.5. The summed E-state index contributed by atoms with van der Waals surface area (Å²) < 4.78 is 1.82. The van der Waals surface area contributed by atoms with Crippen LogP contribution in [0.25, 0.3) is 10.9 Å². The van der Waals surface area contributed by atoms with Gasteiger partial charge in [0, 0.05) is 36.6 Å². The van der Waals surface area contributed by atoms with E-state index in [0.29, 0.717) is 24.5 Å². The third-order valence-electron chi connectivity index (χ3n) is 6.86. The predicted molar refractivity (Wildman–Crippen MR) is 149 cm³/mol. The molecule has 3 heterocycles. The highest BCUT2D eigenvalue weighted by molar-refractivity contribution is 5.81. The Labute approximate surface area is 222 Å². The molecular weight excluding hydrogens is 474 g/mol. The minimum Gasteiger partial charge on any atom is -0.322 e. The van der Waals surface area contributed by atoms with Crippen molar-refractivity contribution in [1.29, 1.82) is 0 Å². The van der Waals surface area contributed by atoms with Crippen molar-refractivity contribution in [1.82, 2.24) is 35.1 Å². The highest BCUT2D eigenvalue weighted by atomic mass is 16.1. The first-order chi connectivity index (χ1) is 18.2. The van der Waals surface area contributed by atoms with Crippen LogP contribution in [0.5, 0.6) is 0 Å². The van der Waals surface area contributed by atoms with Gasteiger partial charge >= 0.3 is 0 Å². The highest BCUT2D eigenvalue weighted by Gasteiger charge is 2.33. The summed E-state index contributed by atoms with van der Waals surface area (Å²) in [5.74, 6) is 0.617. The number of nitrogens with one attached hydrogen (secondary N) is 1. The van der Waals surface area contributed by atoms with Crippen molar-refractivity contribution in [3.05, 3.63) is 117 Å². The Morgan fingerprint density at radius 1 is 0.947 bits per heavy atom. The van der Waals surface area contributed by atoms with Gasteiger partial charge in [0.15, 0.2) is 5.82 Å². The van der Waals surface area contributed by atoms with E-state index in [1.807, 2.05) is 53.3 Å². The van der Waals surface area contributed by atoms with Crippen molar-refractivity contribution >= 4 is 10.9 Å². The van der Waals surface area contributed by atoms with Crippen molar-refractivity contribution in [2.45, 2.75) is 59.3 Å². The number of aryl methyl sites for hydroxylation is 2. The molecule has 2 aromatic carbocycles. The Kier molecular flexibility index (Phi) is 6.91. The molecule has 8 nitrogen and oxygen atoms in total. The minimum absolute atomic E-state index is 0.154. The van der Waals surface area contributed by atoms with E-state index in [9.17, 15) is 4.79 Å². The molecule has 0 saturated carbocycles. The quantitative estimate of drug-likeness (QED) is 0.331. The molecule has 0 aliphatic rings. The third-order valence-corrected chi connectivity index (χ3v) is 6.86. The molecule has 0 spiro atoms. The maximum absolute atomic E-state index is 13.8. The van der Waals surface area contributed by atoms with Crippen LogP contribution in [-0.4, -0.2) is 35.1 Å². The van der Waals surface area contributed by atoms with Crippen LogP contribution in [0.1, 0.15) is 60.5 Å². The van der Waals surface area contributed by atoms with E-state index >= 15 is 0 Å². The van der Waals surface area contributed by atoms with Gasteiger partial charge in [-0.05, 0) is 97.0 Å². The molecule has 0 radical (unpaired) electrons. The standard InChI is InChI=1S/C30H33N7O/c1-20-14-24-16-25(29(38)32-26(24)15-21(20)2)27(28-33-34-35-37(28)30(3,4)5)36(18-22-10-7-6-8-11-22)19-23-12-9-13-31-17-23/h6-17,27H,18-19H2,1-5H3,(H,32,38)/t27-/m1/s1. The summed E-state index contributed by atoms with van der Waals surface area (Å²) >= 11 is 0. The molecule has 38 heavy (non-hydrogen) atoms. The predicted octanol–water partition coefficient (Wildman–Crippen LogP) is 5.07. The fraction of sp³-hybridized carbons (Fsp3) is 0.300. The molecule has 0 unspecified atom stereocenters. The summed E-state index contributed by atoms with van der Waals surface area (Å²) in [6.07, 6.45) is 3.62. The van der Waals surface area contributed by atoms with Gasteiger partial charge < -0.3 is 4.98 Å². The topological polar surface area (TPSA) is 92.6 Å². The SMILES string of the molecule is Cc1cc2cc([C@H](c3nnnn3C(C)(C)C)N(Cc3ccccc3)Cc3cccnc3)c(=O)[nH]c2cc1C. The summed E-state index contributed by atoms with van der Waals surface area (Å²) in [4.78, 5) is 23.5. The van der Waals surface area contributed by atoms with E-state index < -0.39 is 6.04 Å². The summed E-state index contributed by atoms with van der Waals surface area (Å²) in [6.45, 7) is 11.4. The summed E-state index contributed by atoms with van der Waals surface area (Å²) in [5, 5.41) is 13.9. The molecule has 0 fully saturated rings. The monoisotopic (exact) mass is 507 g/mol. The summed E-state index contributed by atoms with van der Waals surface area (Å²) in [7, 11) is 0. The van der Waals surface area contributed by atoms with Gasteiger partial charge in [0.25, 0.3) is 5.56 Å². The molecule has 1 atom stereocenters. The minimum atomic E-state index is -0.514. The molecule has 1 N–H and O–H groups in total. The molecule has 0 amide bonds. The lowest BCUT2D eigenvalue weighted by Gasteiger charge is -2.33. The first kappa shape index (κ1) is 25.5. The van der Waals surface area contributed by atoms with Crippen LogP contribution in [-0.2, 0) is 18.6 Å². The number of H-pyrrole nitrogens is 1. The van der Waals surface area contributed by atoms with Gasteiger partial charge in [-0.1, -0.05) is 36.4 Å². The van der Waals surface area contributed by atoms with Crippen LogP contribution >= 0.6 is 0 Å². The van der Waals surface area contributed by atoms with Crippen LogP contribution in [0.2, 0.25) is 0 Å². The maximum Gasteiger partial charge on any atom is 0.253 e. The van der Waals surface area contributed by atoms with E-state index in [-0.39, 0.29) is 11.1 Å². The zero-order valence-corrected chi connectivity index (χ0v) is 22.5. The number of aromatic nitrogens is 6. The van der Waals surface area contributed by atoms with Crippen LogP contribution in [0, 0.1) is 13.8 Å². The second-order valence-corrected chi connectivity index (χ2v) is 10.9. The van der Waals surface area contributed by atoms with Gasteiger partial charge in [0.2, 0.25) is 0 Å². The van der Waals surface area contributed by atoms with Gasteiger partial charge in [-0.3, -0.25) is 14.7 Å². The molecule has 194 valence electrons. The van der Waals surface area contributed by atoms with Gasteiger partial charge in [-0.2, -0.15) is 0 Å². The Balaban J connectivity index is 1.74. The fourth-order valence-corrected chi connectivity index (χ4v) is 4.82. The number of nitrogens with zero attached hydrogens (tertiary/aromatic N) is 6. The Bertz CT molecular complexity index is 1560. The number of aromatic amines is 1. The second-order valence-electron chi connectivity index (χ2n) is 10.9. The Hall–Kier alpha value is -4.17. The fourth-order valence-electron chi connectivity index (χ4n) is 4.82. The van der Waals surface area contributed by atoms with Crippen LogP contribution in [0.4, 0.5) is 0 Å². The largest absolute Gasteiger partial charge is 0.322 e. The molecular formula is C30H33N7O. The molecule has 0 aliphatic carbocycles. The lowest BCUT2D eigenvalue weighted by molar-refractivity contribution is 0.184. The smallest absolute Gasteiger partial charge is 0.253 e. The van der Waals surface area contributed by atoms with E-state index in [0.717, 1.165) is 27.6 Å². The van der Waals surface area contributed by atoms with E-state index in [1.54, 1.807) is 6.20 Å². The lowest BCUT2D eigenvalue weighted by atomic mass is 9.99. The average Bonchev–Trinajstić information content (AvgIpc) is 3.37. The number of tetrazole rings is 1. The first-order valence-electron chi connectivity index (χ1n) is 12.8. The summed E-state index contributed by atoms with van der Waals surface area (Å²) in [6, 6.07) is 19.9. The molecule has 5 rings (SSSR count). The molecule has 0 bridgehead atoms. The highest BCUT2D eigenvalue weighted by Crippen LogP contribution is 2.32. The number of hydrogen-bond acceptors (Lipinski definition) is 6. The van der Waals surface area contributed by atoms with Crippen LogP contribution in [0.3, 0.4) is 0 Å². The molecule has 5 aromatic rings. The van der Waals surface area contributed by atoms with Crippen molar-refractivity contribution in [3.63, 3.8) is 0 Å². The number of hydrogen-bond donors (Lipinski definition) is 1. The van der Waals surface area contributed by atoms with Crippen LogP contribution < -0.4 is 5.56 Å². The number of benzene rings is 2. The number of rotatable bonds is 7. The second kappa shape index (κ2) is 10.3. The van der Waals surface area contributed by atoms with Gasteiger partial charge in [0.1, 0.15) is 6.04 Å². The molecule has 0 aliphatic heterocycles. The van der Waals surface area contributed by atoms with Crippen molar-refractivity contribution in [3.8, 4) is 0 Å². The van der Waals surface area contributed by atoms with Gasteiger partial charge in [-0.15, -0.1) is 5.10 Å². The molecule has 0 saturated heterocycles. The molecule has 3 aromatic heterocycles. The first-order valence-corrected chi connectivity index (χ1v) is 12.8. The van der Waals surface area contributed by atoms with Crippen molar-refractivity contribution in [2.24, 2.45) is 0 Å². The number of fused-ring (bicyclic) bond motifs is 1. The van der Waals surface area contributed by atoms with Crippen molar-refractivity contribution < 1.29 is 0 Å². The lowest BCUT2D eigenvalue weighted by Crippen LogP contribution is -2.37. The zero-order chi connectivity index (χ0) is 26.9. The third kappa shape index (κ3) is 5.26.